The first-order valence-corrected chi connectivity index (χ1v) is 7.06. The summed E-state index contributed by atoms with van der Waals surface area (Å²) in [7, 11) is 0. The largest absolute Gasteiger partial charge is 0.271 e. The molecule has 1 unspecified atom stereocenters. The van der Waals surface area contributed by atoms with Crippen molar-refractivity contribution in [1.82, 2.24) is 20.6 Å². The van der Waals surface area contributed by atoms with Crippen LogP contribution in [0, 0.1) is 0 Å². The third-order valence-electron chi connectivity index (χ3n) is 2.91. The highest BCUT2D eigenvalue weighted by molar-refractivity contribution is 7.09. The van der Waals surface area contributed by atoms with E-state index in [0.29, 0.717) is 0 Å². The average Bonchev–Trinajstić information content (AvgIpc) is 2.85. The number of rotatable bonds is 4. The molecule has 0 fully saturated rings. The molecule has 5 nitrogen and oxygen atoms in total. The number of nitrogens with two attached hydrogens (primary N) is 1. The van der Waals surface area contributed by atoms with Crippen molar-refractivity contribution in [1.29, 1.82) is 0 Å². The van der Waals surface area contributed by atoms with Gasteiger partial charge in [0.25, 0.3) is 0 Å². The molecule has 2 rings (SSSR count). The molecule has 6 heteroatoms. The molecule has 0 saturated carbocycles. The second kappa shape index (κ2) is 5.73. The highest BCUT2D eigenvalue weighted by Gasteiger charge is 2.19. The standard InChI is InChI=1S/C13H19N5S/c1-13(2,3)11-8-19-12(17-11)6-10(18-14)9-4-5-15-16-7-9/h4-5,7-8,10,18H,6,14H2,1-3H3. The van der Waals surface area contributed by atoms with Crippen molar-refractivity contribution in [3.8, 4) is 0 Å². The lowest BCUT2D eigenvalue weighted by Crippen LogP contribution is -2.29. The smallest absolute Gasteiger partial charge is 0.0948 e. The normalized spacial score (nSPS) is 13.5. The summed E-state index contributed by atoms with van der Waals surface area (Å²) in [6, 6.07) is 1.92. The SMILES string of the molecule is CC(C)(C)c1csc(CC(NN)c2ccnnc2)n1. The van der Waals surface area contributed by atoms with Gasteiger partial charge in [0, 0.05) is 23.4 Å². The molecule has 0 saturated heterocycles. The molecule has 1 atom stereocenters. The molecule has 0 spiro atoms. The molecule has 0 aliphatic heterocycles. The molecule has 19 heavy (non-hydrogen) atoms. The van der Waals surface area contributed by atoms with Gasteiger partial charge >= 0.3 is 0 Å². The number of hydrazine groups is 1. The fraction of sp³-hybridized carbons (Fsp3) is 0.462. The van der Waals surface area contributed by atoms with Gasteiger partial charge in [-0.05, 0) is 11.6 Å². The highest BCUT2D eigenvalue weighted by Crippen LogP contribution is 2.26. The first kappa shape index (κ1) is 14.0. The number of nitrogens with zero attached hydrogens (tertiary/aromatic N) is 3. The van der Waals surface area contributed by atoms with Gasteiger partial charge in [-0.15, -0.1) is 11.3 Å². The summed E-state index contributed by atoms with van der Waals surface area (Å²) in [5.41, 5.74) is 5.04. The maximum Gasteiger partial charge on any atom is 0.0948 e. The Labute approximate surface area is 117 Å². The molecule has 2 aromatic heterocycles. The third kappa shape index (κ3) is 3.56. The third-order valence-corrected chi connectivity index (χ3v) is 3.78. The van der Waals surface area contributed by atoms with Gasteiger partial charge in [-0.3, -0.25) is 11.3 Å². The monoisotopic (exact) mass is 277 g/mol. The molecule has 102 valence electrons. The number of aromatic nitrogens is 3. The van der Waals surface area contributed by atoms with Crippen LogP contribution in [0.25, 0.3) is 0 Å². The molecule has 2 aromatic rings. The van der Waals surface area contributed by atoms with Gasteiger partial charge in [0.2, 0.25) is 0 Å². The Hall–Kier alpha value is -1.37. The Bertz CT molecular complexity index is 517. The first-order valence-electron chi connectivity index (χ1n) is 6.18. The van der Waals surface area contributed by atoms with E-state index < -0.39 is 0 Å². The maximum absolute atomic E-state index is 5.62. The van der Waals surface area contributed by atoms with Gasteiger partial charge < -0.3 is 0 Å². The second-order valence-corrected chi connectivity index (χ2v) is 6.42. The Morgan fingerprint density at radius 2 is 2.16 bits per heavy atom. The molecule has 0 aliphatic carbocycles. The van der Waals surface area contributed by atoms with Crippen LogP contribution in [0.15, 0.2) is 23.8 Å². The van der Waals surface area contributed by atoms with Gasteiger partial charge in [0.05, 0.1) is 22.9 Å². The van der Waals surface area contributed by atoms with Crippen LogP contribution in [0.4, 0.5) is 0 Å². The Balaban J connectivity index is 2.13. The fourth-order valence-corrected chi connectivity index (χ4v) is 2.77. The van der Waals surface area contributed by atoms with Crippen molar-refractivity contribution in [2.24, 2.45) is 5.84 Å². The summed E-state index contributed by atoms with van der Waals surface area (Å²) in [6.45, 7) is 6.49. The average molecular weight is 277 g/mol. The summed E-state index contributed by atoms with van der Waals surface area (Å²) < 4.78 is 0. The molecule has 3 N–H and O–H groups in total. The highest BCUT2D eigenvalue weighted by atomic mass is 32.1. The molecular weight excluding hydrogens is 258 g/mol. The van der Waals surface area contributed by atoms with Gasteiger partial charge in [-0.1, -0.05) is 20.8 Å². The zero-order valence-electron chi connectivity index (χ0n) is 11.4. The molecule has 0 radical (unpaired) electrons. The molecule has 0 bridgehead atoms. The van der Waals surface area contributed by atoms with E-state index in [1.807, 2.05) is 6.07 Å². The lowest BCUT2D eigenvalue weighted by molar-refractivity contribution is 0.538. The van der Waals surface area contributed by atoms with Crippen molar-refractivity contribution >= 4 is 11.3 Å². The summed E-state index contributed by atoms with van der Waals surface area (Å²) in [6.07, 6.45) is 4.15. The van der Waals surface area contributed by atoms with Crippen LogP contribution in [0.3, 0.4) is 0 Å². The lowest BCUT2D eigenvalue weighted by atomic mass is 9.93. The fourth-order valence-electron chi connectivity index (χ4n) is 1.70. The second-order valence-electron chi connectivity index (χ2n) is 5.48. The Kier molecular flexibility index (Phi) is 4.24. The summed E-state index contributed by atoms with van der Waals surface area (Å²) >= 11 is 1.67. The van der Waals surface area contributed by atoms with E-state index >= 15 is 0 Å². The topological polar surface area (TPSA) is 76.7 Å². The van der Waals surface area contributed by atoms with E-state index in [-0.39, 0.29) is 11.5 Å². The molecule has 0 aliphatic rings. The van der Waals surface area contributed by atoms with E-state index in [1.54, 1.807) is 23.7 Å². The van der Waals surface area contributed by atoms with Gasteiger partial charge in [0.1, 0.15) is 0 Å². The molecular formula is C13H19N5S. The minimum absolute atomic E-state index is 0.00877. The van der Waals surface area contributed by atoms with Crippen LogP contribution >= 0.6 is 11.3 Å². The minimum Gasteiger partial charge on any atom is -0.271 e. The van der Waals surface area contributed by atoms with Gasteiger partial charge in [-0.25, -0.2) is 4.98 Å². The zero-order valence-corrected chi connectivity index (χ0v) is 12.2. The quantitative estimate of drug-likeness (QED) is 0.660. The summed E-state index contributed by atoms with van der Waals surface area (Å²) in [5.74, 6) is 5.62. The van der Waals surface area contributed by atoms with Crippen molar-refractivity contribution in [2.75, 3.05) is 0 Å². The minimum atomic E-state index is 0.00877. The Morgan fingerprint density at radius 1 is 1.37 bits per heavy atom. The number of hydrogen-bond acceptors (Lipinski definition) is 6. The van der Waals surface area contributed by atoms with Gasteiger partial charge in [-0.2, -0.15) is 10.2 Å². The van der Waals surface area contributed by atoms with E-state index in [9.17, 15) is 0 Å². The van der Waals surface area contributed by atoms with Crippen LogP contribution in [0.5, 0.6) is 0 Å². The molecule has 0 aromatic carbocycles. The van der Waals surface area contributed by atoms with Crippen LogP contribution < -0.4 is 11.3 Å². The Morgan fingerprint density at radius 3 is 2.68 bits per heavy atom. The van der Waals surface area contributed by atoms with E-state index in [1.165, 1.54) is 0 Å². The van der Waals surface area contributed by atoms with Crippen molar-refractivity contribution in [3.05, 3.63) is 40.1 Å². The predicted molar refractivity (Wildman–Crippen MR) is 76.6 cm³/mol. The van der Waals surface area contributed by atoms with Crippen LogP contribution in [-0.4, -0.2) is 15.2 Å². The molecule has 2 heterocycles. The maximum atomic E-state index is 5.62. The van der Waals surface area contributed by atoms with Crippen LogP contribution in [0.1, 0.15) is 43.1 Å². The van der Waals surface area contributed by atoms with E-state index in [4.69, 9.17) is 5.84 Å². The lowest BCUT2D eigenvalue weighted by Gasteiger charge is -2.15. The summed E-state index contributed by atoms with van der Waals surface area (Å²) in [4.78, 5) is 4.68. The van der Waals surface area contributed by atoms with E-state index in [0.717, 1.165) is 22.7 Å². The van der Waals surface area contributed by atoms with Gasteiger partial charge in [0.15, 0.2) is 0 Å². The number of thiazole rings is 1. The number of nitrogens with one attached hydrogen (secondary N) is 1. The first-order chi connectivity index (χ1) is 9.00. The molecule has 0 amide bonds. The number of hydrogen-bond donors (Lipinski definition) is 2. The van der Waals surface area contributed by atoms with Crippen molar-refractivity contribution in [3.63, 3.8) is 0 Å². The predicted octanol–water partition coefficient (Wildman–Crippen LogP) is 1.98. The zero-order chi connectivity index (χ0) is 13.9. The van der Waals surface area contributed by atoms with Crippen LogP contribution in [-0.2, 0) is 11.8 Å². The van der Waals surface area contributed by atoms with E-state index in [2.05, 4.69) is 46.8 Å². The summed E-state index contributed by atoms with van der Waals surface area (Å²) in [5, 5.41) is 10.8. The van der Waals surface area contributed by atoms with Crippen molar-refractivity contribution < 1.29 is 0 Å². The van der Waals surface area contributed by atoms with Crippen LogP contribution in [0.2, 0.25) is 0 Å². The van der Waals surface area contributed by atoms with Crippen molar-refractivity contribution in [2.45, 2.75) is 38.6 Å².